The van der Waals surface area contributed by atoms with Crippen LogP contribution in [0.5, 0.6) is 0 Å². The average Bonchev–Trinajstić information content (AvgIpc) is 2.39. The summed E-state index contributed by atoms with van der Waals surface area (Å²) in [6.45, 7) is 1.85. The first-order valence-electron chi connectivity index (χ1n) is 5.81. The highest BCUT2D eigenvalue weighted by Crippen LogP contribution is 2.36. The fourth-order valence-corrected chi connectivity index (χ4v) is 2.36. The van der Waals surface area contributed by atoms with Crippen LogP contribution in [0.25, 0.3) is 0 Å². The lowest BCUT2D eigenvalue weighted by molar-refractivity contribution is 0.811. The Kier molecular flexibility index (Phi) is 2.80. The lowest BCUT2D eigenvalue weighted by Crippen LogP contribution is -2.36. The van der Waals surface area contributed by atoms with Gasteiger partial charge in [0, 0.05) is 26.2 Å². The van der Waals surface area contributed by atoms with E-state index >= 15 is 0 Å². The van der Waals surface area contributed by atoms with Gasteiger partial charge in [-0.05, 0) is 12.1 Å². The predicted octanol–water partition coefficient (Wildman–Crippen LogP) is 2.72. The van der Waals surface area contributed by atoms with Crippen molar-refractivity contribution in [3.8, 4) is 0 Å². The first-order chi connectivity index (χ1) is 8.75. The van der Waals surface area contributed by atoms with Crippen molar-refractivity contribution < 1.29 is 0 Å². The van der Waals surface area contributed by atoms with Crippen LogP contribution in [0, 0.1) is 0 Å². The van der Waals surface area contributed by atoms with E-state index in [1.54, 1.807) is 6.07 Å². The summed E-state index contributed by atoms with van der Waals surface area (Å²) >= 11 is 5.93. The molecule has 1 aliphatic heterocycles. The van der Waals surface area contributed by atoms with Gasteiger partial charge < -0.3 is 9.80 Å². The van der Waals surface area contributed by atoms with E-state index in [-0.39, 0.29) is 0 Å². The number of anilines is 3. The molecule has 0 N–H and O–H groups in total. The summed E-state index contributed by atoms with van der Waals surface area (Å²) in [7, 11) is 2.10. The topological polar surface area (TPSA) is 32.3 Å². The third-order valence-corrected chi connectivity index (χ3v) is 3.35. The van der Waals surface area contributed by atoms with Gasteiger partial charge in [-0.25, -0.2) is 9.97 Å². The van der Waals surface area contributed by atoms with E-state index < -0.39 is 0 Å². The number of fused-ring (bicyclic) bond motifs is 1. The highest BCUT2D eigenvalue weighted by atomic mass is 35.5. The predicted molar refractivity (Wildman–Crippen MR) is 73.8 cm³/mol. The largest absolute Gasteiger partial charge is 0.371 e. The molecule has 1 aliphatic rings. The number of halogens is 1. The van der Waals surface area contributed by atoms with Gasteiger partial charge in [0.2, 0.25) is 0 Å². The van der Waals surface area contributed by atoms with Crippen LogP contribution in [0.3, 0.4) is 0 Å². The number of hydrogen-bond acceptors (Lipinski definition) is 4. The second-order valence-corrected chi connectivity index (χ2v) is 4.65. The zero-order valence-corrected chi connectivity index (χ0v) is 10.8. The van der Waals surface area contributed by atoms with Gasteiger partial charge in [0.1, 0.15) is 17.3 Å². The number of rotatable bonds is 1. The molecule has 0 saturated heterocycles. The number of hydrogen-bond donors (Lipinski definition) is 0. The summed E-state index contributed by atoms with van der Waals surface area (Å²) in [6, 6.07) is 10.1. The molecule has 0 unspecified atom stereocenters. The fourth-order valence-electron chi connectivity index (χ4n) is 2.22. The Balaban J connectivity index is 2.07. The molecule has 0 amide bonds. The summed E-state index contributed by atoms with van der Waals surface area (Å²) in [4.78, 5) is 12.6. The van der Waals surface area contributed by atoms with Crippen LogP contribution in [0.15, 0.2) is 36.7 Å². The van der Waals surface area contributed by atoms with Crippen molar-refractivity contribution in [2.75, 3.05) is 29.9 Å². The van der Waals surface area contributed by atoms with E-state index in [0.29, 0.717) is 5.15 Å². The lowest BCUT2D eigenvalue weighted by atomic mass is 10.2. The smallest absolute Gasteiger partial charge is 0.138 e. The summed E-state index contributed by atoms with van der Waals surface area (Å²) in [6.07, 6.45) is 1.50. The molecule has 0 radical (unpaired) electrons. The van der Waals surface area contributed by atoms with Gasteiger partial charge in [0.05, 0.1) is 11.4 Å². The Morgan fingerprint density at radius 2 is 1.89 bits per heavy atom. The summed E-state index contributed by atoms with van der Waals surface area (Å²) < 4.78 is 0. The van der Waals surface area contributed by atoms with Crippen LogP contribution in [0.4, 0.5) is 17.2 Å². The zero-order valence-electron chi connectivity index (χ0n) is 10.0. The minimum absolute atomic E-state index is 0.469. The molecule has 0 spiro atoms. The number of likely N-dealkylation sites (N-methyl/N-ethyl adjacent to an activating group) is 1. The molecule has 0 bridgehead atoms. The Morgan fingerprint density at radius 1 is 1.11 bits per heavy atom. The first kappa shape index (κ1) is 11.3. The summed E-state index contributed by atoms with van der Waals surface area (Å²) in [5, 5.41) is 0.469. The molecule has 5 heteroatoms. The Morgan fingerprint density at radius 3 is 2.67 bits per heavy atom. The molecule has 1 aromatic carbocycles. The second kappa shape index (κ2) is 4.46. The van der Waals surface area contributed by atoms with Crippen LogP contribution in [0.2, 0.25) is 5.15 Å². The van der Waals surface area contributed by atoms with Crippen molar-refractivity contribution >= 4 is 28.8 Å². The second-order valence-electron chi connectivity index (χ2n) is 4.26. The van der Waals surface area contributed by atoms with Crippen LogP contribution >= 0.6 is 11.6 Å². The third-order valence-electron chi connectivity index (χ3n) is 3.14. The SMILES string of the molecule is CN1CCN(c2cc(Cl)ncn2)c2ccccc21. The van der Waals surface area contributed by atoms with E-state index in [2.05, 4.69) is 38.9 Å². The van der Waals surface area contributed by atoms with Crippen LogP contribution in [-0.2, 0) is 0 Å². The molecular weight excluding hydrogens is 248 g/mol. The third kappa shape index (κ3) is 1.88. The maximum absolute atomic E-state index is 5.93. The standard InChI is InChI=1S/C13H13ClN4/c1-17-6-7-18(11-5-3-2-4-10(11)17)13-8-12(14)15-9-16-13/h2-5,8-9H,6-7H2,1H3. The van der Waals surface area contributed by atoms with Gasteiger partial charge in [-0.1, -0.05) is 23.7 Å². The van der Waals surface area contributed by atoms with E-state index in [4.69, 9.17) is 11.6 Å². The molecule has 18 heavy (non-hydrogen) atoms. The molecule has 0 atom stereocenters. The molecule has 2 heterocycles. The van der Waals surface area contributed by atoms with E-state index in [1.165, 1.54) is 12.0 Å². The number of benzene rings is 1. The molecule has 0 fully saturated rings. The molecule has 0 aliphatic carbocycles. The first-order valence-corrected chi connectivity index (χ1v) is 6.19. The molecule has 0 saturated carbocycles. The maximum Gasteiger partial charge on any atom is 0.138 e. The normalized spacial score (nSPS) is 14.6. The number of nitrogens with zero attached hydrogens (tertiary/aromatic N) is 4. The summed E-state index contributed by atoms with van der Waals surface area (Å²) in [5.74, 6) is 0.843. The zero-order chi connectivity index (χ0) is 12.5. The van der Waals surface area contributed by atoms with Crippen LogP contribution in [0.1, 0.15) is 0 Å². The van der Waals surface area contributed by atoms with Crippen molar-refractivity contribution in [2.24, 2.45) is 0 Å². The summed E-state index contributed by atoms with van der Waals surface area (Å²) in [5.41, 5.74) is 2.36. The monoisotopic (exact) mass is 260 g/mol. The van der Waals surface area contributed by atoms with Gasteiger partial charge in [-0.2, -0.15) is 0 Å². The van der Waals surface area contributed by atoms with Crippen LogP contribution in [-0.4, -0.2) is 30.1 Å². The molecule has 1 aromatic heterocycles. The average molecular weight is 261 g/mol. The molecule has 2 aromatic rings. The fraction of sp³-hybridized carbons (Fsp3) is 0.231. The van der Waals surface area contributed by atoms with E-state index in [1.807, 2.05) is 12.1 Å². The quantitative estimate of drug-likeness (QED) is 0.738. The van der Waals surface area contributed by atoms with Gasteiger partial charge in [0.15, 0.2) is 0 Å². The van der Waals surface area contributed by atoms with Crippen LogP contribution < -0.4 is 9.80 Å². The minimum atomic E-state index is 0.469. The van der Waals surface area contributed by atoms with Gasteiger partial charge in [-0.3, -0.25) is 0 Å². The lowest BCUT2D eigenvalue weighted by Gasteiger charge is -2.36. The maximum atomic E-state index is 5.93. The van der Waals surface area contributed by atoms with Crippen molar-refractivity contribution in [1.82, 2.24) is 9.97 Å². The Labute approximate surface area is 111 Å². The molecular formula is C13H13ClN4. The Hall–Kier alpha value is -1.81. The van der Waals surface area contributed by atoms with Gasteiger partial charge in [-0.15, -0.1) is 0 Å². The molecule has 3 rings (SSSR count). The highest BCUT2D eigenvalue weighted by molar-refractivity contribution is 6.29. The Bertz CT molecular complexity index is 572. The van der Waals surface area contributed by atoms with Crippen molar-refractivity contribution in [3.63, 3.8) is 0 Å². The number of para-hydroxylation sites is 2. The van der Waals surface area contributed by atoms with Gasteiger partial charge in [0.25, 0.3) is 0 Å². The van der Waals surface area contributed by atoms with Crippen molar-refractivity contribution in [1.29, 1.82) is 0 Å². The van der Waals surface area contributed by atoms with E-state index in [0.717, 1.165) is 24.6 Å². The number of aromatic nitrogens is 2. The highest BCUT2D eigenvalue weighted by Gasteiger charge is 2.21. The van der Waals surface area contributed by atoms with Gasteiger partial charge >= 0.3 is 0 Å². The van der Waals surface area contributed by atoms with Crippen molar-refractivity contribution in [2.45, 2.75) is 0 Å². The van der Waals surface area contributed by atoms with Crippen molar-refractivity contribution in [3.05, 3.63) is 41.8 Å². The minimum Gasteiger partial charge on any atom is -0.371 e. The molecule has 92 valence electrons. The molecule has 4 nitrogen and oxygen atoms in total. The van der Waals surface area contributed by atoms with E-state index in [9.17, 15) is 0 Å².